The highest BCUT2D eigenvalue weighted by atomic mass is 16.5. The summed E-state index contributed by atoms with van der Waals surface area (Å²) in [5.74, 6) is -0.888. The number of benzene rings is 1. The van der Waals surface area contributed by atoms with Crippen molar-refractivity contribution in [1.29, 1.82) is 0 Å². The van der Waals surface area contributed by atoms with Crippen LogP contribution in [0.15, 0.2) is 18.2 Å². The van der Waals surface area contributed by atoms with E-state index in [1.165, 1.54) is 6.07 Å². The van der Waals surface area contributed by atoms with Crippen molar-refractivity contribution in [3.63, 3.8) is 0 Å². The molecular weight excluding hydrogens is 298 g/mol. The van der Waals surface area contributed by atoms with E-state index in [0.29, 0.717) is 25.4 Å². The highest BCUT2D eigenvalue weighted by molar-refractivity contribution is 5.98. The zero-order valence-electron chi connectivity index (χ0n) is 13.2. The Bertz CT molecular complexity index is 593. The van der Waals surface area contributed by atoms with Crippen LogP contribution < -0.4 is 4.74 Å². The van der Waals surface area contributed by atoms with Gasteiger partial charge in [0.1, 0.15) is 11.3 Å². The van der Waals surface area contributed by atoms with Gasteiger partial charge in [-0.05, 0) is 44.4 Å². The lowest BCUT2D eigenvalue weighted by molar-refractivity contribution is -0.0566. The van der Waals surface area contributed by atoms with Gasteiger partial charge >= 0.3 is 5.97 Å². The number of ether oxygens (including phenoxy) is 2. The summed E-state index contributed by atoms with van der Waals surface area (Å²) in [6.45, 7) is 3.29. The van der Waals surface area contributed by atoms with Gasteiger partial charge in [-0.2, -0.15) is 0 Å². The van der Waals surface area contributed by atoms with Crippen LogP contribution in [0.1, 0.15) is 46.9 Å². The number of amides is 1. The molecule has 0 aliphatic carbocycles. The number of carbonyl (C=O) groups is 2. The fraction of sp³-hybridized carbons (Fsp3) is 0.529. The molecule has 0 aromatic heterocycles. The first-order chi connectivity index (χ1) is 11.1. The summed E-state index contributed by atoms with van der Waals surface area (Å²) in [7, 11) is 0. The molecule has 0 saturated carbocycles. The van der Waals surface area contributed by atoms with Crippen molar-refractivity contribution in [2.24, 2.45) is 0 Å². The van der Waals surface area contributed by atoms with Gasteiger partial charge in [0.25, 0.3) is 5.91 Å². The van der Waals surface area contributed by atoms with Crippen LogP contribution in [0.2, 0.25) is 0 Å². The molecule has 1 N–H and O–H groups in total. The molecule has 0 spiro atoms. The summed E-state index contributed by atoms with van der Waals surface area (Å²) in [6, 6.07) is 4.78. The highest BCUT2D eigenvalue weighted by Gasteiger charge is 2.38. The van der Waals surface area contributed by atoms with Crippen LogP contribution >= 0.6 is 0 Å². The van der Waals surface area contributed by atoms with E-state index < -0.39 is 5.97 Å². The average molecular weight is 319 g/mol. The summed E-state index contributed by atoms with van der Waals surface area (Å²) < 4.78 is 11.0. The van der Waals surface area contributed by atoms with Crippen LogP contribution in [0, 0.1) is 0 Å². The lowest BCUT2D eigenvalue weighted by Crippen LogP contribution is -2.57. The maximum Gasteiger partial charge on any atom is 0.339 e. The standard InChI is InChI=1S/C17H21NO5/c1-2-23-15-8-11(6-7-14(15)17(20)21)16(19)18-12-4-3-5-13(18)10-22-9-12/h6-8,12-13H,2-5,9-10H2,1H3,(H,20,21). The molecule has 2 saturated heterocycles. The van der Waals surface area contributed by atoms with E-state index in [1.807, 2.05) is 4.90 Å². The number of carbonyl (C=O) groups excluding carboxylic acids is 1. The van der Waals surface area contributed by atoms with Crippen molar-refractivity contribution in [2.45, 2.75) is 38.3 Å². The summed E-state index contributed by atoms with van der Waals surface area (Å²) in [5, 5.41) is 9.21. The van der Waals surface area contributed by atoms with Gasteiger partial charge in [-0.25, -0.2) is 4.79 Å². The second kappa shape index (κ2) is 6.58. The quantitative estimate of drug-likeness (QED) is 0.920. The predicted octanol–water partition coefficient (Wildman–Crippen LogP) is 2.18. The van der Waals surface area contributed by atoms with E-state index in [0.717, 1.165) is 19.3 Å². The van der Waals surface area contributed by atoms with Crippen LogP contribution in [0.25, 0.3) is 0 Å². The number of hydrogen-bond acceptors (Lipinski definition) is 4. The van der Waals surface area contributed by atoms with E-state index in [2.05, 4.69) is 0 Å². The molecule has 1 aromatic carbocycles. The number of morpholine rings is 1. The molecule has 2 heterocycles. The molecule has 23 heavy (non-hydrogen) atoms. The van der Waals surface area contributed by atoms with Crippen molar-refractivity contribution in [1.82, 2.24) is 4.90 Å². The van der Waals surface area contributed by atoms with Crippen LogP contribution in [0.5, 0.6) is 5.75 Å². The molecule has 2 aliphatic heterocycles. The van der Waals surface area contributed by atoms with Gasteiger partial charge in [0.2, 0.25) is 0 Å². The molecule has 1 amide bonds. The van der Waals surface area contributed by atoms with Crippen molar-refractivity contribution >= 4 is 11.9 Å². The fourth-order valence-electron chi connectivity index (χ4n) is 3.42. The minimum Gasteiger partial charge on any atom is -0.493 e. The van der Waals surface area contributed by atoms with Crippen LogP contribution in [0.4, 0.5) is 0 Å². The number of carboxylic acid groups (broad SMARTS) is 1. The molecule has 2 fully saturated rings. The summed E-state index contributed by atoms with van der Waals surface area (Å²) in [6.07, 6.45) is 3.02. The van der Waals surface area contributed by atoms with Gasteiger partial charge < -0.3 is 19.5 Å². The maximum atomic E-state index is 12.9. The van der Waals surface area contributed by atoms with Crippen LogP contribution in [-0.2, 0) is 4.74 Å². The number of piperidine rings is 1. The van der Waals surface area contributed by atoms with Gasteiger partial charge in [0.15, 0.2) is 0 Å². The normalized spacial score (nSPS) is 23.4. The largest absolute Gasteiger partial charge is 0.493 e. The third kappa shape index (κ3) is 3.03. The molecule has 124 valence electrons. The molecule has 2 unspecified atom stereocenters. The molecule has 2 atom stereocenters. The molecule has 0 radical (unpaired) electrons. The van der Waals surface area contributed by atoms with Gasteiger partial charge in [-0.15, -0.1) is 0 Å². The topological polar surface area (TPSA) is 76.1 Å². The molecular formula is C17H21NO5. The van der Waals surface area contributed by atoms with Gasteiger partial charge in [-0.1, -0.05) is 0 Å². The van der Waals surface area contributed by atoms with E-state index in [9.17, 15) is 14.7 Å². The maximum absolute atomic E-state index is 12.9. The Morgan fingerprint density at radius 3 is 2.61 bits per heavy atom. The van der Waals surface area contributed by atoms with Crippen LogP contribution in [0.3, 0.4) is 0 Å². The SMILES string of the molecule is CCOc1cc(C(=O)N2C3CCCC2COC3)ccc1C(=O)O. The Morgan fingerprint density at radius 1 is 1.30 bits per heavy atom. The zero-order valence-corrected chi connectivity index (χ0v) is 13.2. The molecule has 6 nitrogen and oxygen atoms in total. The van der Waals surface area contributed by atoms with Crippen molar-refractivity contribution in [3.05, 3.63) is 29.3 Å². The Balaban J connectivity index is 1.90. The molecule has 6 heteroatoms. The average Bonchev–Trinajstić information content (AvgIpc) is 2.53. The third-order valence-corrected chi connectivity index (χ3v) is 4.48. The second-order valence-corrected chi connectivity index (χ2v) is 5.94. The smallest absolute Gasteiger partial charge is 0.339 e. The lowest BCUT2D eigenvalue weighted by Gasteiger charge is -2.45. The first kappa shape index (κ1) is 15.8. The zero-order chi connectivity index (χ0) is 16.4. The number of carboxylic acids is 1. The Kier molecular flexibility index (Phi) is 4.52. The third-order valence-electron chi connectivity index (χ3n) is 4.48. The van der Waals surface area contributed by atoms with E-state index in [1.54, 1.807) is 19.1 Å². The number of nitrogens with zero attached hydrogens (tertiary/aromatic N) is 1. The molecule has 2 aliphatic rings. The summed E-state index contributed by atoms with van der Waals surface area (Å²) in [4.78, 5) is 26.1. The molecule has 2 bridgehead atoms. The van der Waals surface area contributed by atoms with Gasteiger partial charge in [0.05, 0.1) is 31.9 Å². The first-order valence-corrected chi connectivity index (χ1v) is 8.02. The summed E-state index contributed by atoms with van der Waals surface area (Å²) >= 11 is 0. The van der Waals surface area contributed by atoms with E-state index in [4.69, 9.17) is 9.47 Å². The van der Waals surface area contributed by atoms with Crippen LogP contribution in [-0.4, -0.2) is 53.8 Å². The number of rotatable bonds is 4. The Morgan fingerprint density at radius 2 is 2.00 bits per heavy atom. The predicted molar refractivity (Wildman–Crippen MR) is 83.0 cm³/mol. The first-order valence-electron chi connectivity index (χ1n) is 8.02. The Hall–Kier alpha value is -2.08. The number of hydrogen-bond donors (Lipinski definition) is 1. The number of aromatic carboxylic acids is 1. The highest BCUT2D eigenvalue weighted by Crippen LogP contribution is 2.30. The number of fused-ring (bicyclic) bond motifs is 2. The van der Waals surface area contributed by atoms with Crippen molar-refractivity contribution in [3.8, 4) is 5.75 Å². The van der Waals surface area contributed by atoms with Gasteiger partial charge in [0, 0.05) is 5.56 Å². The minimum absolute atomic E-state index is 0.0686. The fourth-order valence-corrected chi connectivity index (χ4v) is 3.42. The molecule has 3 rings (SSSR count). The second-order valence-electron chi connectivity index (χ2n) is 5.94. The summed E-state index contributed by atoms with van der Waals surface area (Å²) in [5.41, 5.74) is 0.544. The van der Waals surface area contributed by atoms with Gasteiger partial charge in [-0.3, -0.25) is 4.79 Å². The van der Waals surface area contributed by atoms with Crippen molar-refractivity contribution in [2.75, 3.05) is 19.8 Å². The molecule has 1 aromatic rings. The van der Waals surface area contributed by atoms with E-state index >= 15 is 0 Å². The van der Waals surface area contributed by atoms with E-state index in [-0.39, 0.29) is 29.3 Å². The lowest BCUT2D eigenvalue weighted by atomic mass is 9.93. The monoisotopic (exact) mass is 319 g/mol. The Labute approximate surface area is 135 Å². The van der Waals surface area contributed by atoms with Crippen molar-refractivity contribution < 1.29 is 24.2 Å². The minimum atomic E-state index is -1.06.